The predicted molar refractivity (Wildman–Crippen MR) is 105 cm³/mol. The van der Waals surface area contributed by atoms with Crippen LogP contribution in [0.25, 0.3) is 0 Å². The number of likely N-dealkylation sites (tertiary alicyclic amines) is 1. The highest BCUT2D eigenvalue weighted by Gasteiger charge is 2.12. The van der Waals surface area contributed by atoms with Crippen LogP contribution < -0.4 is 5.32 Å². The second kappa shape index (κ2) is 11.7. The van der Waals surface area contributed by atoms with Gasteiger partial charge in [-0.25, -0.2) is 0 Å². The summed E-state index contributed by atoms with van der Waals surface area (Å²) in [5.74, 6) is 1.58. The van der Waals surface area contributed by atoms with Crippen molar-refractivity contribution in [1.29, 1.82) is 0 Å². The molecule has 1 fully saturated rings. The Morgan fingerprint density at radius 1 is 1.00 bits per heavy atom. The molecule has 1 aliphatic heterocycles. The molecule has 1 aromatic carbocycles. The van der Waals surface area contributed by atoms with Crippen LogP contribution in [0.15, 0.2) is 30.3 Å². The van der Waals surface area contributed by atoms with Gasteiger partial charge < -0.3 is 10.2 Å². The number of hydrogen-bond donors (Lipinski definition) is 1. The summed E-state index contributed by atoms with van der Waals surface area (Å²) in [6.07, 6.45) is 9.43. The molecule has 0 aromatic heterocycles. The topological polar surface area (TPSA) is 15.3 Å². The van der Waals surface area contributed by atoms with Crippen molar-refractivity contribution in [1.82, 2.24) is 10.2 Å². The third-order valence-electron chi connectivity index (χ3n) is 5.23. The van der Waals surface area contributed by atoms with E-state index >= 15 is 0 Å². The molecule has 24 heavy (non-hydrogen) atoms. The maximum Gasteiger partial charge on any atom is -0.000664 e. The third-order valence-corrected chi connectivity index (χ3v) is 5.23. The Kier molecular flexibility index (Phi) is 9.45. The van der Waals surface area contributed by atoms with Gasteiger partial charge in [0.05, 0.1) is 0 Å². The third kappa shape index (κ3) is 8.30. The zero-order valence-electron chi connectivity index (χ0n) is 16.0. The van der Waals surface area contributed by atoms with Crippen LogP contribution in [-0.4, -0.2) is 37.6 Å². The van der Waals surface area contributed by atoms with Crippen LogP contribution in [0.4, 0.5) is 0 Å². The van der Waals surface area contributed by atoms with Gasteiger partial charge in [-0.05, 0) is 82.2 Å². The van der Waals surface area contributed by atoms with Gasteiger partial charge in [0.15, 0.2) is 0 Å². The summed E-state index contributed by atoms with van der Waals surface area (Å²) in [5.41, 5.74) is 1.49. The predicted octanol–water partition coefficient (Wildman–Crippen LogP) is 4.75. The van der Waals surface area contributed by atoms with Crippen molar-refractivity contribution in [2.45, 2.75) is 58.8 Å². The minimum absolute atomic E-state index is 0.768. The normalized spacial score (nSPS) is 17.3. The summed E-state index contributed by atoms with van der Waals surface area (Å²) in [7, 11) is 0. The zero-order valence-corrected chi connectivity index (χ0v) is 16.0. The summed E-state index contributed by atoms with van der Waals surface area (Å²) in [4.78, 5) is 2.64. The number of hydrogen-bond acceptors (Lipinski definition) is 2. The van der Waals surface area contributed by atoms with Crippen molar-refractivity contribution in [2.24, 2.45) is 11.8 Å². The first-order valence-electron chi connectivity index (χ1n) is 10.2. The Labute approximate surface area is 150 Å². The van der Waals surface area contributed by atoms with E-state index in [2.05, 4.69) is 54.4 Å². The Morgan fingerprint density at radius 3 is 2.46 bits per heavy atom. The van der Waals surface area contributed by atoms with Gasteiger partial charge in [-0.2, -0.15) is 0 Å². The highest BCUT2D eigenvalue weighted by Crippen LogP contribution is 2.17. The lowest BCUT2D eigenvalue weighted by molar-refractivity contribution is 0.225. The van der Waals surface area contributed by atoms with Crippen molar-refractivity contribution in [3.05, 3.63) is 35.9 Å². The smallest absolute Gasteiger partial charge is 0.000664 e. The van der Waals surface area contributed by atoms with Gasteiger partial charge in [0.25, 0.3) is 0 Å². The molecule has 1 heterocycles. The molecule has 1 saturated heterocycles. The van der Waals surface area contributed by atoms with E-state index in [4.69, 9.17) is 0 Å². The second-order valence-corrected chi connectivity index (χ2v) is 7.99. The summed E-state index contributed by atoms with van der Waals surface area (Å²) in [6, 6.07) is 11.0. The molecule has 1 unspecified atom stereocenters. The lowest BCUT2D eigenvalue weighted by Crippen LogP contribution is -2.33. The number of nitrogens with zero attached hydrogens (tertiary/aromatic N) is 1. The maximum atomic E-state index is 3.74. The van der Waals surface area contributed by atoms with Crippen LogP contribution in [0.5, 0.6) is 0 Å². The van der Waals surface area contributed by atoms with Crippen LogP contribution in [0.3, 0.4) is 0 Å². The SMILES string of the molecule is CC(C)CCC(CNCCCN1CCCCC1)Cc1ccccc1. The van der Waals surface area contributed by atoms with E-state index in [1.165, 1.54) is 83.2 Å². The average Bonchev–Trinajstić information content (AvgIpc) is 2.61. The Bertz CT molecular complexity index is 409. The molecule has 1 atom stereocenters. The molecule has 2 rings (SSSR count). The first-order chi connectivity index (χ1) is 11.7. The van der Waals surface area contributed by atoms with E-state index in [0.717, 1.165) is 11.8 Å². The lowest BCUT2D eigenvalue weighted by Gasteiger charge is -2.26. The first-order valence-corrected chi connectivity index (χ1v) is 10.2. The van der Waals surface area contributed by atoms with Gasteiger partial charge in [-0.15, -0.1) is 0 Å². The Morgan fingerprint density at radius 2 is 1.75 bits per heavy atom. The fourth-order valence-electron chi connectivity index (χ4n) is 3.71. The van der Waals surface area contributed by atoms with Gasteiger partial charge in [0.2, 0.25) is 0 Å². The highest BCUT2D eigenvalue weighted by molar-refractivity contribution is 5.15. The van der Waals surface area contributed by atoms with Gasteiger partial charge in [0, 0.05) is 0 Å². The molecular formula is C22H38N2. The molecular weight excluding hydrogens is 292 g/mol. The first kappa shape index (κ1) is 19.5. The van der Waals surface area contributed by atoms with Crippen molar-refractivity contribution in [3.63, 3.8) is 0 Å². The van der Waals surface area contributed by atoms with E-state index in [0.29, 0.717) is 0 Å². The molecule has 1 aliphatic rings. The molecule has 0 saturated carbocycles. The summed E-state index contributed by atoms with van der Waals surface area (Å²) >= 11 is 0. The average molecular weight is 331 g/mol. The van der Waals surface area contributed by atoms with E-state index in [-0.39, 0.29) is 0 Å². The van der Waals surface area contributed by atoms with E-state index < -0.39 is 0 Å². The van der Waals surface area contributed by atoms with E-state index in [9.17, 15) is 0 Å². The number of nitrogens with one attached hydrogen (secondary N) is 1. The minimum atomic E-state index is 0.768. The van der Waals surface area contributed by atoms with Crippen molar-refractivity contribution >= 4 is 0 Å². The molecule has 136 valence electrons. The largest absolute Gasteiger partial charge is 0.316 e. The van der Waals surface area contributed by atoms with Crippen LogP contribution in [0, 0.1) is 11.8 Å². The van der Waals surface area contributed by atoms with Gasteiger partial charge >= 0.3 is 0 Å². The minimum Gasteiger partial charge on any atom is -0.316 e. The van der Waals surface area contributed by atoms with Crippen LogP contribution in [0.2, 0.25) is 0 Å². The molecule has 0 amide bonds. The fraction of sp³-hybridized carbons (Fsp3) is 0.727. The van der Waals surface area contributed by atoms with E-state index in [1.807, 2.05) is 0 Å². The van der Waals surface area contributed by atoms with Gasteiger partial charge in [0.1, 0.15) is 0 Å². The maximum absolute atomic E-state index is 3.74. The number of benzene rings is 1. The van der Waals surface area contributed by atoms with Crippen LogP contribution in [-0.2, 0) is 6.42 Å². The van der Waals surface area contributed by atoms with Crippen molar-refractivity contribution in [3.8, 4) is 0 Å². The monoisotopic (exact) mass is 330 g/mol. The van der Waals surface area contributed by atoms with E-state index in [1.54, 1.807) is 0 Å². The Balaban J connectivity index is 1.65. The molecule has 1 N–H and O–H groups in total. The second-order valence-electron chi connectivity index (χ2n) is 7.99. The summed E-state index contributed by atoms with van der Waals surface area (Å²) in [5, 5.41) is 3.74. The summed E-state index contributed by atoms with van der Waals surface area (Å²) in [6.45, 7) is 10.9. The quantitative estimate of drug-likeness (QED) is 0.589. The van der Waals surface area contributed by atoms with Crippen molar-refractivity contribution < 1.29 is 0 Å². The highest BCUT2D eigenvalue weighted by atomic mass is 15.1. The van der Waals surface area contributed by atoms with Gasteiger partial charge in [-0.1, -0.05) is 57.0 Å². The summed E-state index contributed by atoms with van der Waals surface area (Å²) < 4.78 is 0. The Hall–Kier alpha value is -0.860. The van der Waals surface area contributed by atoms with Crippen LogP contribution in [0.1, 0.15) is 57.9 Å². The van der Waals surface area contributed by atoms with Gasteiger partial charge in [-0.3, -0.25) is 0 Å². The molecule has 1 aromatic rings. The zero-order chi connectivity index (χ0) is 17.0. The fourth-order valence-corrected chi connectivity index (χ4v) is 3.71. The van der Waals surface area contributed by atoms with Crippen LogP contribution >= 0.6 is 0 Å². The molecule has 0 aliphatic carbocycles. The number of rotatable bonds is 11. The lowest BCUT2D eigenvalue weighted by atomic mass is 9.92. The molecule has 0 radical (unpaired) electrons. The molecule has 2 heteroatoms. The standard InChI is InChI=1S/C22H38N2/c1-20(2)12-13-22(18-21-10-5-3-6-11-21)19-23-14-9-17-24-15-7-4-8-16-24/h3,5-6,10-11,20,22-23H,4,7-9,12-19H2,1-2H3. The molecule has 0 spiro atoms. The number of piperidine rings is 1. The molecule has 0 bridgehead atoms. The van der Waals surface area contributed by atoms with Crippen molar-refractivity contribution in [2.75, 3.05) is 32.7 Å². The molecule has 2 nitrogen and oxygen atoms in total.